The number of nitrogens with zero attached hydrogens (tertiary/aromatic N) is 1. The van der Waals surface area contributed by atoms with Crippen LogP contribution in [0.1, 0.15) is 6.42 Å². The van der Waals surface area contributed by atoms with Crippen molar-refractivity contribution in [2.45, 2.75) is 6.42 Å². The van der Waals surface area contributed by atoms with Crippen LogP contribution in [0.15, 0.2) is 25.3 Å². The Morgan fingerprint density at radius 2 is 1.75 bits per heavy atom. The molecule has 0 aliphatic rings. The number of likely N-dealkylation sites (N-methyl/N-ethyl adjacent to an activating group) is 1. The minimum absolute atomic E-state index is 1.03. The first-order valence-electron chi connectivity index (χ1n) is 4.30. The lowest BCUT2D eigenvalue weighted by atomic mass is 10.3. The molecule has 0 amide bonds. The molecule has 70 valence electrons. The normalized spacial score (nSPS) is 11.2. The van der Waals surface area contributed by atoms with E-state index in [2.05, 4.69) is 36.1 Å². The van der Waals surface area contributed by atoms with Gasteiger partial charge in [0.15, 0.2) is 0 Å². The van der Waals surface area contributed by atoms with Gasteiger partial charge in [-0.15, -0.1) is 0 Å². The van der Waals surface area contributed by atoms with Crippen LogP contribution in [-0.2, 0) is 0 Å². The molecule has 0 radical (unpaired) electrons. The molecule has 0 atom stereocenters. The fourth-order valence-electron chi connectivity index (χ4n) is 1.32. The van der Waals surface area contributed by atoms with Crippen LogP contribution in [0.4, 0.5) is 0 Å². The van der Waals surface area contributed by atoms with Crippen LogP contribution in [-0.4, -0.2) is 36.5 Å². The monoisotopic (exact) mass is 232 g/mol. The highest BCUT2D eigenvalue weighted by molar-refractivity contribution is 9.09. The molecule has 0 aromatic rings. The number of alkyl halides is 1. The van der Waals surface area contributed by atoms with Gasteiger partial charge in [0, 0.05) is 11.8 Å². The van der Waals surface area contributed by atoms with Gasteiger partial charge < -0.3 is 4.48 Å². The number of hydrogen-bond acceptors (Lipinski definition) is 0. The average molecular weight is 233 g/mol. The molecule has 0 aliphatic heterocycles. The molecule has 1 nitrogen and oxygen atoms in total. The summed E-state index contributed by atoms with van der Waals surface area (Å²) in [6.45, 7) is 10.8. The lowest BCUT2D eigenvalue weighted by molar-refractivity contribution is -0.898. The van der Waals surface area contributed by atoms with Crippen LogP contribution < -0.4 is 0 Å². The van der Waals surface area contributed by atoms with E-state index in [-0.39, 0.29) is 0 Å². The Bertz CT molecular complexity index is 133. The first-order chi connectivity index (χ1) is 5.68. The predicted octanol–water partition coefficient (Wildman–Crippen LogP) is 2.59. The van der Waals surface area contributed by atoms with Gasteiger partial charge in [-0.25, -0.2) is 0 Å². The lowest BCUT2D eigenvalue weighted by Gasteiger charge is -2.32. The van der Waals surface area contributed by atoms with Crippen molar-refractivity contribution in [3.8, 4) is 0 Å². The van der Waals surface area contributed by atoms with Crippen LogP contribution in [0, 0.1) is 0 Å². The summed E-state index contributed by atoms with van der Waals surface area (Å²) in [7, 11) is 2.24. The zero-order valence-corrected chi connectivity index (χ0v) is 9.52. The third-order valence-corrected chi connectivity index (χ3v) is 2.53. The van der Waals surface area contributed by atoms with Gasteiger partial charge in [-0.1, -0.05) is 29.1 Å². The molecule has 0 bridgehead atoms. The van der Waals surface area contributed by atoms with Crippen molar-refractivity contribution in [2.24, 2.45) is 0 Å². The predicted molar refractivity (Wildman–Crippen MR) is 59.6 cm³/mol. The van der Waals surface area contributed by atoms with Crippen LogP contribution in [0.25, 0.3) is 0 Å². The lowest BCUT2D eigenvalue weighted by Crippen LogP contribution is -2.45. The van der Waals surface area contributed by atoms with Gasteiger partial charge in [-0.05, 0) is 12.2 Å². The topological polar surface area (TPSA) is 0 Å². The summed E-state index contributed by atoms with van der Waals surface area (Å²) in [6.07, 6.45) is 5.17. The molecule has 2 heteroatoms. The Kier molecular flexibility index (Phi) is 6.39. The summed E-state index contributed by atoms with van der Waals surface area (Å²) in [6, 6.07) is 0. The molecule has 12 heavy (non-hydrogen) atoms. The molecule has 0 unspecified atom stereocenters. The Morgan fingerprint density at radius 3 is 2.08 bits per heavy atom. The van der Waals surface area contributed by atoms with Crippen LogP contribution in [0.3, 0.4) is 0 Å². The number of quaternary nitrogens is 1. The molecule has 0 fully saturated rings. The Hall–Kier alpha value is -0.0800. The van der Waals surface area contributed by atoms with Gasteiger partial charge in [0.05, 0.1) is 26.7 Å². The van der Waals surface area contributed by atoms with Crippen molar-refractivity contribution in [1.82, 2.24) is 0 Å². The fraction of sp³-hybridized carbons (Fsp3) is 0.600. The average Bonchev–Trinajstić information content (AvgIpc) is 2.02. The third kappa shape index (κ3) is 4.73. The molecular weight excluding hydrogens is 214 g/mol. The van der Waals surface area contributed by atoms with E-state index in [9.17, 15) is 0 Å². The van der Waals surface area contributed by atoms with Gasteiger partial charge in [0.2, 0.25) is 0 Å². The second-order valence-electron chi connectivity index (χ2n) is 3.33. The second kappa shape index (κ2) is 6.44. The summed E-state index contributed by atoms with van der Waals surface area (Å²) in [4.78, 5) is 0. The number of hydrogen-bond donors (Lipinski definition) is 0. The summed E-state index contributed by atoms with van der Waals surface area (Å²) in [5, 5.41) is 1.08. The Labute approximate surface area is 84.5 Å². The Balaban J connectivity index is 3.96. The van der Waals surface area contributed by atoms with E-state index >= 15 is 0 Å². The molecule has 0 aliphatic carbocycles. The highest BCUT2D eigenvalue weighted by atomic mass is 79.9. The highest BCUT2D eigenvalue weighted by Crippen LogP contribution is 2.05. The van der Waals surface area contributed by atoms with Gasteiger partial charge in [0.25, 0.3) is 0 Å². The summed E-state index contributed by atoms with van der Waals surface area (Å²) >= 11 is 3.44. The minimum atomic E-state index is 1.03. The zero-order valence-electron chi connectivity index (χ0n) is 7.93. The smallest absolute Gasteiger partial charge is 0.0971 e. The number of rotatable bonds is 7. The highest BCUT2D eigenvalue weighted by Gasteiger charge is 2.16. The van der Waals surface area contributed by atoms with Crippen molar-refractivity contribution in [2.75, 3.05) is 32.0 Å². The van der Waals surface area contributed by atoms with E-state index in [1.54, 1.807) is 0 Å². The van der Waals surface area contributed by atoms with Gasteiger partial charge >= 0.3 is 0 Å². The SMILES string of the molecule is C=CC[N+](C)(CC=C)CCCBr. The molecular formula is C10H19BrN+. The van der Waals surface area contributed by atoms with Crippen molar-refractivity contribution in [3.63, 3.8) is 0 Å². The van der Waals surface area contributed by atoms with Crippen molar-refractivity contribution in [1.29, 1.82) is 0 Å². The van der Waals surface area contributed by atoms with Gasteiger partial charge in [-0.3, -0.25) is 0 Å². The van der Waals surface area contributed by atoms with Crippen molar-refractivity contribution >= 4 is 15.9 Å². The summed E-state index contributed by atoms with van der Waals surface area (Å²) < 4.78 is 1.03. The molecule has 0 spiro atoms. The largest absolute Gasteiger partial charge is 0.320 e. The summed E-state index contributed by atoms with van der Waals surface area (Å²) in [5.74, 6) is 0. The maximum Gasteiger partial charge on any atom is 0.0971 e. The van der Waals surface area contributed by atoms with Gasteiger partial charge in [0.1, 0.15) is 0 Å². The van der Waals surface area contributed by atoms with Gasteiger partial charge in [-0.2, -0.15) is 0 Å². The fourth-order valence-corrected chi connectivity index (χ4v) is 1.57. The van der Waals surface area contributed by atoms with Crippen LogP contribution in [0.5, 0.6) is 0 Å². The number of halogens is 1. The molecule has 0 saturated heterocycles. The van der Waals surface area contributed by atoms with E-state index < -0.39 is 0 Å². The molecule has 0 aromatic carbocycles. The van der Waals surface area contributed by atoms with E-state index in [0.717, 1.165) is 22.9 Å². The van der Waals surface area contributed by atoms with E-state index in [1.807, 2.05) is 12.2 Å². The summed E-state index contributed by atoms with van der Waals surface area (Å²) in [5.41, 5.74) is 0. The maximum absolute atomic E-state index is 3.77. The van der Waals surface area contributed by atoms with E-state index in [4.69, 9.17) is 0 Å². The quantitative estimate of drug-likeness (QED) is 0.360. The Morgan fingerprint density at radius 1 is 1.25 bits per heavy atom. The standard InChI is InChI=1S/C10H19BrN/c1-4-8-12(3,9-5-2)10-6-7-11/h4-5H,1-2,6-10H2,3H3/q+1. The second-order valence-corrected chi connectivity index (χ2v) is 4.12. The molecule has 0 aromatic heterocycles. The molecule has 0 heterocycles. The maximum atomic E-state index is 3.77. The zero-order chi connectivity index (χ0) is 9.45. The van der Waals surface area contributed by atoms with E-state index in [0.29, 0.717) is 0 Å². The third-order valence-electron chi connectivity index (χ3n) is 1.97. The molecule has 0 N–H and O–H groups in total. The van der Waals surface area contributed by atoms with Crippen molar-refractivity contribution in [3.05, 3.63) is 25.3 Å². The van der Waals surface area contributed by atoms with Crippen LogP contribution >= 0.6 is 15.9 Å². The first-order valence-corrected chi connectivity index (χ1v) is 5.42. The first kappa shape index (κ1) is 11.9. The molecule has 0 saturated carbocycles. The molecule has 0 rings (SSSR count). The van der Waals surface area contributed by atoms with Crippen molar-refractivity contribution < 1.29 is 4.48 Å². The van der Waals surface area contributed by atoms with E-state index in [1.165, 1.54) is 13.0 Å². The minimum Gasteiger partial charge on any atom is -0.320 e. The van der Waals surface area contributed by atoms with Crippen LogP contribution in [0.2, 0.25) is 0 Å².